The van der Waals surface area contributed by atoms with Crippen molar-refractivity contribution >= 4 is 12.1 Å². The highest BCUT2D eigenvalue weighted by Gasteiger charge is 2.41. The third-order valence-corrected chi connectivity index (χ3v) is 2.60. The van der Waals surface area contributed by atoms with Crippen molar-refractivity contribution < 1.29 is 24.2 Å². The molecule has 0 aromatic heterocycles. The minimum Gasteiger partial charge on any atom is -0.467 e. The van der Waals surface area contributed by atoms with E-state index in [1.54, 1.807) is 20.8 Å². The van der Waals surface area contributed by atoms with Crippen LogP contribution in [0.1, 0.15) is 33.6 Å². The van der Waals surface area contributed by atoms with Crippen LogP contribution in [0.25, 0.3) is 0 Å². The number of aliphatic hydroxyl groups is 1. The van der Waals surface area contributed by atoms with Crippen LogP contribution in [0.5, 0.6) is 0 Å². The number of nitrogens with one attached hydrogen (secondary N) is 1. The van der Waals surface area contributed by atoms with Gasteiger partial charge in [0.25, 0.3) is 0 Å². The summed E-state index contributed by atoms with van der Waals surface area (Å²) < 4.78 is 9.57. The number of aliphatic hydroxyl groups excluding tert-OH is 1. The second-order valence-electron chi connectivity index (χ2n) is 5.48. The van der Waals surface area contributed by atoms with E-state index in [-0.39, 0.29) is 5.92 Å². The van der Waals surface area contributed by atoms with Gasteiger partial charge in [0.05, 0.1) is 13.2 Å². The first-order chi connectivity index (χ1) is 8.24. The number of amides is 1. The molecule has 1 aliphatic carbocycles. The summed E-state index contributed by atoms with van der Waals surface area (Å²) in [7, 11) is 1.20. The lowest BCUT2D eigenvalue weighted by molar-refractivity contribution is -0.152. The fourth-order valence-electron chi connectivity index (χ4n) is 1.62. The number of rotatable bonds is 4. The SMILES string of the molecule is COC(=O)[C@H](O)[C@@H](NC(=O)OC(C)(C)C)C1CC1. The van der Waals surface area contributed by atoms with Crippen LogP contribution >= 0.6 is 0 Å². The summed E-state index contributed by atoms with van der Waals surface area (Å²) in [6.45, 7) is 5.24. The Labute approximate surface area is 107 Å². The molecule has 1 rings (SSSR count). The minimum atomic E-state index is -1.35. The van der Waals surface area contributed by atoms with Crippen LogP contribution in [0.4, 0.5) is 4.79 Å². The van der Waals surface area contributed by atoms with Gasteiger partial charge in [0.15, 0.2) is 6.10 Å². The number of esters is 1. The zero-order valence-corrected chi connectivity index (χ0v) is 11.2. The monoisotopic (exact) mass is 259 g/mol. The number of carbonyl (C=O) groups is 2. The maximum absolute atomic E-state index is 11.6. The number of ether oxygens (including phenoxy) is 2. The highest BCUT2D eigenvalue weighted by molar-refractivity contribution is 5.77. The van der Waals surface area contributed by atoms with Gasteiger partial charge in [0.1, 0.15) is 5.60 Å². The molecule has 2 N–H and O–H groups in total. The predicted molar refractivity (Wildman–Crippen MR) is 63.9 cm³/mol. The molecule has 0 aromatic rings. The van der Waals surface area contributed by atoms with Crippen molar-refractivity contribution in [2.24, 2.45) is 5.92 Å². The normalized spacial score (nSPS) is 18.7. The van der Waals surface area contributed by atoms with Crippen molar-refractivity contribution in [1.82, 2.24) is 5.32 Å². The van der Waals surface area contributed by atoms with E-state index < -0.39 is 29.8 Å². The highest BCUT2D eigenvalue weighted by Crippen LogP contribution is 2.34. The third kappa shape index (κ3) is 4.52. The number of hydrogen-bond donors (Lipinski definition) is 2. The number of hydrogen-bond acceptors (Lipinski definition) is 5. The molecule has 104 valence electrons. The average molecular weight is 259 g/mol. The first-order valence-electron chi connectivity index (χ1n) is 6.00. The summed E-state index contributed by atoms with van der Waals surface area (Å²) in [6, 6.07) is -0.646. The van der Waals surface area contributed by atoms with Crippen LogP contribution in [-0.4, -0.2) is 42.0 Å². The summed E-state index contributed by atoms with van der Waals surface area (Å²) in [4.78, 5) is 22.9. The summed E-state index contributed by atoms with van der Waals surface area (Å²) in [5, 5.41) is 12.3. The largest absolute Gasteiger partial charge is 0.467 e. The van der Waals surface area contributed by atoms with Crippen molar-refractivity contribution in [3.05, 3.63) is 0 Å². The number of methoxy groups -OCH3 is 1. The second kappa shape index (κ2) is 5.56. The zero-order chi connectivity index (χ0) is 13.9. The third-order valence-electron chi connectivity index (χ3n) is 2.60. The molecule has 0 unspecified atom stereocenters. The molecule has 1 aliphatic rings. The van der Waals surface area contributed by atoms with E-state index in [1.807, 2.05) is 0 Å². The molecule has 6 nitrogen and oxygen atoms in total. The molecule has 1 fully saturated rings. The van der Waals surface area contributed by atoms with Crippen LogP contribution in [0.15, 0.2) is 0 Å². The van der Waals surface area contributed by atoms with E-state index in [0.29, 0.717) is 0 Å². The summed E-state index contributed by atoms with van der Waals surface area (Å²) in [5.74, 6) is -0.644. The molecule has 0 spiro atoms. The smallest absolute Gasteiger partial charge is 0.407 e. The lowest BCUT2D eigenvalue weighted by Gasteiger charge is -2.25. The van der Waals surface area contributed by atoms with Gasteiger partial charge < -0.3 is 19.9 Å². The van der Waals surface area contributed by atoms with Gasteiger partial charge in [0, 0.05) is 0 Å². The maximum atomic E-state index is 11.6. The lowest BCUT2D eigenvalue weighted by atomic mass is 10.1. The first-order valence-corrected chi connectivity index (χ1v) is 6.00. The van der Waals surface area contributed by atoms with E-state index in [0.717, 1.165) is 12.8 Å². The molecule has 0 bridgehead atoms. The molecule has 0 heterocycles. The maximum Gasteiger partial charge on any atom is 0.407 e. The van der Waals surface area contributed by atoms with Gasteiger partial charge in [-0.15, -0.1) is 0 Å². The Hall–Kier alpha value is -1.30. The molecule has 1 amide bonds. The van der Waals surface area contributed by atoms with E-state index in [2.05, 4.69) is 10.1 Å². The Morgan fingerprint density at radius 2 is 1.89 bits per heavy atom. The minimum absolute atomic E-state index is 0.103. The Balaban J connectivity index is 2.58. The van der Waals surface area contributed by atoms with Gasteiger partial charge in [-0.25, -0.2) is 9.59 Å². The van der Waals surface area contributed by atoms with Crippen LogP contribution in [0.2, 0.25) is 0 Å². The predicted octanol–water partition coefficient (Wildman–Crippen LogP) is 0.824. The van der Waals surface area contributed by atoms with Gasteiger partial charge in [-0.05, 0) is 39.5 Å². The van der Waals surface area contributed by atoms with Crippen LogP contribution in [-0.2, 0) is 14.3 Å². The summed E-state index contributed by atoms with van der Waals surface area (Å²) >= 11 is 0. The molecule has 0 radical (unpaired) electrons. The van der Waals surface area contributed by atoms with Crippen molar-refractivity contribution in [3.8, 4) is 0 Å². The Bertz CT molecular complexity index is 319. The van der Waals surface area contributed by atoms with Gasteiger partial charge in [0.2, 0.25) is 0 Å². The highest BCUT2D eigenvalue weighted by atomic mass is 16.6. The number of alkyl carbamates (subject to hydrolysis) is 1. The standard InChI is InChI=1S/C12H21NO5/c1-12(2,3)18-11(16)13-8(7-5-6-7)9(14)10(15)17-4/h7-9,14H,5-6H2,1-4H3,(H,13,16)/t8-,9+/m0/s1. The fourth-order valence-corrected chi connectivity index (χ4v) is 1.62. The van der Waals surface area contributed by atoms with Gasteiger partial charge >= 0.3 is 12.1 Å². The van der Waals surface area contributed by atoms with Crippen molar-refractivity contribution in [2.45, 2.75) is 51.4 Å². The molecule has 6 heteroatoms. The topological polar surface area (TPSA) is 84.9 Å². The summed E-state index contributed by atoms with van der Waals surface area (Å²) in [6.07, 6.45) is -0.249. The van der Waals surface area contributed by atoms with Crippen molar-refractivity contribution in [2.75, 3.05) is 7.11 Å². The van der Waals surface area contributed by atoms with Crippen LogP contribution in [0, 0.1) is 5.92 Å². The lowest BCUT2D eigenvalue weighted by Crippen LogP contribution is -2.50. The molecule has 0 aliphatic heterocycles. The van der Waals surface area contributed by atoms with Crippen molar-refractivity contribution in [1.29, 1.82) is 0 Å². The van der Waals surface area contributed by atoms with E-state index in [9.17, 15) is 14.7 Å². The Morgan fingerprint density at radius 3 is 2.28 bits per heavy atom. The molecular formula is C12H21NO5. The molecule has 2 atom stereocenters. The molecular weight excluding hydrogens is 238 g/mol. The number of carbonyl (C=O) groups excluding carboxylic acids is 2. The van der Waals surface area contributed by atoms with E-state index >= 15 is 0 Å². The first kappa shape index (κ1) is 14.8. The molecule has 18 heavy (non-hydrogen) atoms. The molecule has 1 saturated carbocycles. The van der Waals surface area contributed by atoms with Gasteiger partial charge in [-0.2, -0.15) is 0 Å². The zero-order valence-electron chi connectivity index (χ0n) is 11.2. The Morgan fingerprint density at radius 1 is 1.33 bits per heavy atom. The fraction of sp³-hybridized carbons (Fsp3) is 0.833. The van der Waals surface area contributed by atoms with E-state index in [4.69, 9.17) is 4.74 Å². The second-order valence-corrected chi connectivity index (χ2v) is 5.48. The van der Waals surface area contributed by atoms with Crippen LogP contribution in [0.3, 0.4) is 0 Å². The van der Waals surface area contributed by atoms with Gasteiger partial charge in [-0.3, -0.25) is 0 Å². The average Bonchev–Trinajstić information content (AvgIpc) is 3.05. The van der Waals surface area contributed by atoms with Crippen molar-refractivity contribution in [3.63, 3.8) is 0 Å². The molecule has 0 aromatic carbocycles. The summed E-state index contributed by atoms with van der Waals surface area (Å²) in [5.41, 5.74) is -0.617. The molecule has 0 saturated heterocycles. The van der Waals surface area contributed by atoms with Crippen LogP contribution < -0.4 is 5.32 Å². The van der Waals surface area contributed by atoms with Gasteiger partial charge in [-0.1, -0.05) is 0 Å². The Kier molecular flexibility index (Phi) is 4.56. The van der Waals surface area contributed by atoms with E-state index in [1.165, 1.54) is 7.11 Å². The quantitative estimate of drug-likeness (QED) is 0.730.